The van der Waals surface area contributed by atoms with E-state index < -0.39 is 5.97 Å². The lowest BCUT2D eigenvalue weighted by atomic mass is 9.85. The predicted molar refractivity (Wildman–Crippen MR) is 77.1 cm³/mol. The Morgan fingerprint density at radius 3 is 3.00 bits per heavy atom. The summed E-state index contributed by atoms with van der Waals surface area (Å²) in [5.41, 5.74) is 0. The number of aliphatic carboxylic acids is 1. The fraction of sp³-hybridized carbons (Fsp3) is 0.692. The molecule has 1 aromatic heterocycles. The van der Waals surface area contributed by atoms with Crippen LogP contribution in [0.5, 0.6) is 0 Å². The summed E-state index contributed by atoms with van der Waals surface area (Å²) in [6, 6.07) is 0.119. The Balaban J connectivity index is 1.80. The lowest BCUT2D eigenvalue weighted by Crippen LogP contribution is -2.41. The fourth-order valence-electron chi connectivity index (χ4n) is 3.54. The van der Waals surface area contributed by atoms with Crippen molar-refractivity contribution in [1.29, 1.82) is 0 Å². The smallest absolute Gasteiger partial charge is 0.320 e. The second-order valence-corrected chi connectivity index (χ2v) is 7.93. The first-order valence-electron chi connectivity index (χ1n) is 6.74. The molecule has 0 spiro atoms. The number of hydrogen-bond donors (Lipinski definition) is 1. The van der Waals surface area contributed by atoms with Gasteiger partial charge in [-0.05, 0) is 41.1 Å². The van der Waals surface area contributed by atoms with Gasteiger partial charge in [0.2, 0.25) is 0 Å². The van der Waals surface area contributed by atoms with Gasteiger partial charge in [-0.3, -0.25) is 9.69 Å². The van der Waals surface area contributed by atoms with Crippen LogP contribution in [0.25, 0.3) is 0 Å². The van der Waals surface area contributed by atoms with Gasteiger partial charge in [0.25, 0.3) is 0 Å². The van der Waals surface area contributed by atoms with Crippen LogP contribution in [-0.4, -0.2) is 33.0 Å². The lowest BCUT2D eigenvalue weighted by Gasteiger charge is -2.32. The van der Waals surface area contributed by atoms with Crippen LogP contribution in [0.1, 0.15) is 37.1 Å². The monoisotopic (exact) mass is 344 g/mol. The summed E-state index contributed by atoms with van der Waals surface area (Å²) in [5, 5.41) is 10.4. The van der Waals surface area contributed by atoms with E-state index in [0.29, 0.717) is 18.5 Å². The number of carboxylic acid groups (broad SMARTS) is 1. The first-order chi connectivity index (χ1) is 9.15. The number of thiazole rings is 1. The topological polar surface area (TPSA) is 53.4 Å². The summed E-state index contributed by atoms with van der Waals surface area (Å²) in [4.78, 5) is 18.0. The zero-order chi connectivity index (χ0) is 13.4. The van der Waals surface area contributed by atoms with Crippen molar-refractivity contribution in [1.82, 2.24) is 9.88 Å². The van der Waals surface area contributed by atoms with Gasteiger partial charge in [0.15, 0.2) is 0 Å². The first kappa shape index (κ1) is 13.5. The molecule has 19 heavy (non-hydrogen) atoms. The van der Waals surface area contributed by atoms with Crippen molar-refractivity contribution >= 4 is 33.2 Å². The molecule has 0 bridgehead atoms. The normalized spacial score (nSPS) is 31.3. The Morgan fingerprint density at radius 2 is 2.32 bits per heavy atom. The van der Waals surface area contributed by atoms with Crippen molar-refractivity contribution in [3.05, 3.63) is 15.0 Å². The molecule has 2 heterocycles. The van der Waals surface area contributed by atoms with Crippen LogP contribution in [0.15, 0.2) is 9.98 Å². The summed E-state index contributed by atoms with van der Waals surface area (Å²) in [5.74, 6) is -0.108. The SMILES string of the molecule is O=C(O)C1CC2CCCCC2N1Cc1ncc(Br)s1. The molecule has 3 rings (SSSR count). The van der Waals surface area contributed by atoms with Gasteiger partial charge in [-0.2, -0.15) is 0 Å². The van der Waals surface area contributed by atoms with Crippen LogP contribution < -0.4 is 0 Å². The second kappa shape index (κ2) is 5.50. The first-order valence-corrected chi connectivity index (χ1v) is 8.35. The molecule has 104 valence electrons. The molecule has 1 aliphatic heterocycles. The van der Waals surface area contributed by atoms with Crippen LogP contribution in [-0.2, 0) is 11.3 Å². The number of carboxylic acids is 1. The van der Waals surface area contributed by atoms with Gasteiger partial charge >= 0.3 is 5.97 Å². The minimum absolute atomic E-state index is 0.323. The maximum Gasteiger partial charge on any atom is 0.320 e. The Labute approximate surface area is 125 Å². The van der Waals surface area contributed by atoms with E-state index in [1.54, 1.807) is 17.5 Å². The van der Waals surface area contributed by atoms with E-state index >= 15 is 0 Å². The Kier molecular flexibility index (Phi) is 3.91. The molecule has 0 aromatic carbocycles. The molecule has 1 saturated carbocycles. The van der Waals surface area contributed by atoms with Crippen molar-refractivity contribution < 1.29 is 9.90 Å². The maximum absolute atomic E-state index is 11.5. The molecule has 6 heteroatoms. The van der Waals surface area contributed by atoms with Crippen molar-refractivity contribution in [2.75, 3.05) is 0 Å². The van der Waals surface area contributed by atoms with Gasteiger partial charge in [0, 0.05) is 6.04 Å². The summed E-state index contributed by atoms with van der Waals surface area (Å²) < 4.78 is 1.01. The molecular weight excluding hydrogens is 328 g/mol. The number of aromatic nitrogens is 1. The molecule has 3 atom stereocenters. The number of fused-ring (bicyclic) bond motifs is 1. The van der Waals surface area contributed by atoms with Gasteiger partial charge in [-0.25, -0.2) is 4.98 Å². The third-order valence-electron chi connectivity index (χ3n) is 4.35. The van der Waals surface area contributed by atoms with Crippen LogP contribution in [0.4, 0.5) is 0 Å². The van der Waals surface area contributed by atoms with Crippen molar-refractivity contribution in [3.63, 3.8) is 0 Å². The minimum atomic E-state index is -0.676. The second-order valence-electron chi connectivity index (χ2n) is 5.43. The number of nitrogens with zero attached hydrogens (tertiary/aromatic N) is 2. The van der Waals surface area contributed by atoms with Gasteiger partial charge < -0.3 is 5.11 Å². The zero-order valence-electron chi connectivity index (χ0n) is 10.6. The Morgan fingerprint density at radius 1 is 1.53 bits per heavy atom. The highest BCUT2D eigenvalue weighted by molar-refractivity contribution is 9.11. The number of likely N-dealkylation sites (tertiary alicyclic amines) is 1. The van der Waals surface area contributed by atoms with E-state index in [4.69, 9.17) is 0 Å². The highest BCUT2D eigenvalue weighted by Crippen LogP contribution is 2.40. The third kappa shape index (κ3) is 2.71. The average Bonchev–Trinajstić information content (AvgIpc) is 2.95. The highest BCUT2D eigenvalue weighted by Gasteiger charge is 2.45. The number of hydrogen-bond acceptors (Lipinski definition) is 4. The number of halogens is 1. The standard InChI is InChI=1S/C13H17BrN2O2S/c14-11-6-15-12(19-11)7-16-9-4-2-1-3-8(9)5-10(16)13(17)18/h6,8-10H,1-5,7H2,(H,17,18). The molecule has 2 aliphatic rings. The van der Waals surface area contributed by atoms with Gasteiger partial charge in [0.1, 0.15) is 11.0 Å². The van der Waals surface area contributed by atoms with Gasteiger partial charge in [0.05, 0.1) is 16.5 Å². The summed E-state index contributed by atoms with van der Waals surface area (Å²) in [6.07, 6.45) is 7.42. The van der Waals surface area contributed by atoms with E-state index in [-0.39, 0.29) is 6.04 Å². The van der Waals surface area contributed by atoms with Crippen LogP contribution >= 0.6 is 27.3 Å². The van der Waals surface area contributed by atoms with E-state index in [9.17, 15) is 9.90 Å². The fourth-order valence-corrected chi connectivity index (χ4v) is 4.85. The third-order valence-corrected chi connectivity index (χ3v) is 5.81. The van der Waals surface area contributed by atoms with Crippen LogP contribution in [0.3, 0.4) is 0 Å². The summed E-state index contributed by atoms with van der Waals surface area (Å²) in [6.45, 7) is 0.675. The van der Waals surface area contributed by atoms with Crippen LogP contribution in [0, 0.1) is 5.92 Å². The molecular formula is C13H17BrN2O2S. The molecule has 3 unspecified atom stereocenters. The van der Waals surface area contributed by atoms with Crippen molar-refractivity contribution in [2.24, 2.45) is 5.92 Å². The summed E-state index contributed by atoms with van der Waals surface area (Å²) in [7, 11) is 0. The minimum Gasteiger partial charge on any atom is -0.480 e. The van der Waals surface area contributed by atoms with Crippen molar-refractivity contribution in [3.8, 4) is 0 Å². The van der Waals surface area contributed by atoms with Gasteiger partial charge in [-0.15, -0.1) is 11.3 Å². The molecule has 0 amide bonds. The molecule has 1 saturated heterocycles. The Hall–Kier alpha value is -0.460. The van der Waals surface area contributed by atoms with E-state index in [2.05, 4.69) is 25.8 Å². The quantitative estimate of drug-likeness (QED) is 0.915. The molecule has 4 nitrogen and oxygen atoms in total. The van der Waals surface area contributed by atoms with E-state index in [0.717, 1.165) is 21.6 Å². The van der Waals surface area contributed by atoms with E-state index in [1.165, 1.54) is 19.3 Å². The maximum atomic E-state index is 11.5. The largest absolute Gasteiger partial charge is 0.480 e. The molecule has 1 N–H and O–H groups in total. The lowest BCUT2D eigenvalue weighted by molar-refractivity contribution is -0.142. The molecule has 1 aliphatic carbocycles. The molecule has 2 fully saturated rings. The summed E-state index contributed by atoms with van der Waals surface area (Å²) >= 11 is 5.01. The number of rotatable bonds is 3. The van der Waals surface area contributed by atoms with Crippen molar-refractivity contribution in [2.45, 2.75) is 50.7 Å². The average molecular weight is 345 g/mol. The van der Waals surface area contributed by atoms with Gasteiger partial charge in [-0.1, -0.05) is 12.8 Å². The van der Waals surface area contributed by atoms with Crippen LogP contribution in [0.2, 0.25) is 0 Å². The number of carbonyl (C=O) groups is 1. The molecule has 1 aromatic rings. The van der Waals surface area contributed by atoms with E-state index in [1.807, 2.05) is 0 Å². The molecule has 0 radical (unpaired) electrons. The predicted octanol–water partition coefficient (Wildman–Crippen LogP) is 3.12. The zero-order valence-corrected chi connectivity index (χ0v) is 13.0. The highest BCUT2D eigenvalue weighted by atomic mass is 79.9. The Bertz CT molecular complexity index is 479.